The SMILES string of the molecule is O=C(NCCn1cnnc1)c1cc2ccccc2oc1=O. The summed E-state index contributed by atoms with van der Waals surface area (Å²) in [5, 5.41) is 10.7. The first kappa shape index (κ1) is 13.0. The van der Waals surface area contributed by atoms with E-state index in [1.807, 2.05) is 6.07 Å². The molecular formula is C14H12N4O3. The Morgan fingerprint density at radius 2 is 2.00 bits per heavy atom. The van der Waals surface area contributed by atoms with E-state index >= 15 is 0 Å². The number of nitrogens with one attached hydrogen (secondary N) is 1. The van der Waals surface area contributed by atoms with Crippen molar-refractivity contribution in [2.45, 2.75) is 6.54 Å². The van der Waals surface area contributed by atoms with Crippen LogP contribution in [0.3, 0.4) is 0 Å². The largest absolute Gasteiger partial charge is 0.422 e. The molecule has 0 saturated carbocycles. The van der Waals surface area contributed by atoms with E-state index in [1.165, 1.54) is 6.07 Å². The van der Waals surface area contributed by atoms with Crippen molar-refractivity contribution in [1.82, 2.24) is 20.1 Å². The molecule has 0 spiro atoms. The maximum Gasteiger partial charge on any atom is 0.349 e. The Labute approximate surface area is 119 Å². The lowest BCUT2D eigenvalue weighted by molar-refractivity contribution is 0.0949. The second kappa shape index (κ2) is 5.58. The van der Waals surface area contributed by atoms with E-state index in [0.717, 1.165) is 0 Å². The van der Waals surface area contributed by atoms with Crippen molar-refractivity contribution in [2.24, 2.45) is 0 Å². The van der Waals surface area contributed by atoms with Crippen LogP contribution < -0.4 is 10.9 Å². The summed E-state index contributed by atoms with van der Waals surface area (Å²) in [5.41, 5.74) is -0.184. The molecule has 0 fully saturated rings. The minimum Gasteiger partial charge on any atom is -0.422 e. The minimum absolute atomic E-state index is 0.00236. The van der Waals surface area contributed by atoms with Gasteiger partial charge in [0.05, 0.1) is 0 Å². The van der Waals surface area contributed by atoms with E-state index in [0.29, 0.717) is 24.1 Å². The molecular weight excluding hydrogens is 272 g/mol. The Hall–Kier alpha value is -2.96. The van der Waals surface area contributed by atoms with E-state index in [4.69, 9.17) is 4.42 Å². The third-order valence-electron chi connectivity index (χ3n) is 3.01. The molecule has 0 aliphatic rings. The maximum atomic E-state index is 12.0. The molecule has 0 unspecified atom stereocenters. The topological polar surface area (TPSA) is 90.0 Å². The quantitative estimate of drug-likeness (QED) is 0.716. The van der Waals surface area contributed by atoms with Gasteiger partial charge in [-0.3, -0.25) is 4.79 Å². The van der Waals surface area contributed by atoms with Gasteiger partial charge in [0.2, 0.25) is 0 Å². The fourth-order valence-corrected chi connectivity index (χ4v) is 1.95. The van der Waals surface area contributed by atoms with E-state index in [1.54, 1.807) is 35.4 Å². The second-order valence-electron chi connectivity index (χ2n) is 4.44. The first-order valence-electron chi connectivity index (χ1n) is 6.37. The third kappa shape index (κ3) is 2.81. The summed E-state index contributed by atoms with van der Waals surface area (Å²) < 4.78 is 6.85. The normalized spacial score (nSPS) is 10.7. The van der Waals surface area contributed by atoms with Crippen LogP contribution in [0.5, 0.6) is 0 Å². The summed E-state index contributed by atoms with van der Waals surface area (Å²) in [7, 11) is 0. The van der Waals surface area contributed by atoms with Gasteiger partial charge in [-0.05, 0) is 12.1 Å². The van der Waals surface area contributed by atoms with Crippen LogP contribution in [0, 0.1) is 0 Å². The Balaban J connectivity index is 1.75. The lowest BCUT2D eigenvalue weighted by atomic mass is 10.2. The number of carbonyl (C=O) groups excluding carboxylic acids is 1. The van der Waals surface area contributed by atoms with Gasteiger partial charge in [0.1, 0.15) is 23.8 Å². The van der Waals surface area contributed by atoms with Gasteiger partial charge in [-0.15, -0.1) is 10.2 Å². The zero-order chi connectivity index (χ0) is 14.7. The molecule has 7 nitrogen and oxygen atoms in total. The van der Waals surface area contributed by atoms with Crippen molar-refractivity contribution in [3.63, 3.8) is 0 Å². The highest BCUT2D eigenvalue weighted by Crippen LogP contribution is 2.12. The Kier molecular flexibility index (Phi) is 3.46. The lowest BCUT2D eigenvalue weighted by Crippen LogP contribution is -2.30. The van der Waals surface area contributed by atoms with Gasteiger partial charge in [-0.1, -0.05) is 18.2 Å². The van der Waals surface area contributed by atoms with E-state index < -0.39 is 11.5 Å². The first-order chi connectivity index (χ1) is 10.2. The molecule has 0 atom stereocenters. The molecule has 106 valence electrons. The molecule has 0 aliphatic carbocycles. The maximum absolute atomic E-state index is 12.0. The van der Waals surface area contributed by atoms with Crippen LogP contribution in [0.4, 0.5) is 0 Å². The van der Waals surface area contributed by atoms with Crippen molar-refractivity contribution in [3.05, 3.63) is 59.0 Å². The molecule has 2 aromatic heterocycles. The molecule has 3 rings (SSSR count). The van der Waals surface area contributed by atoms with Gasteiger partial charge >= 0.3 is 5.63 Å². The van der Waals surface area contributed by atoms with Crippen LogP contribution in [-0.4, -0.2) is 27.2 Å². The molecule has 3 aromatic rings. The van der Waals surface area contributed by atoms with Gasteiger partial charge in [0, 0.05) is 18.5 Å². The molecule has 1 aromatic carbocycles. The van der Waals surface area contributed by atoms with Gasteiger partial charge in [0.25, 0.3) is 5.91 Å². The molecule has 1 amide bonds. The fourth-order valence-electron chi connectivity index (χ4n) is 1.95. The standard InChI is InChI=1S/C14H12N4O3/c19-13(15-5-6-18-8-16-17-9-18)11-7-10-3-1-2-4-12(10)21-14(11)20/h1-4,7-9H,5-6H2,(H,15,19). The number of carbonyl (C=O) groups is 1. The highest BCUT2D eigenvalue weighted by molar-refractivity contribution is 5.96. The van der Waals surface area contributed by atoms with Crippen LogP contribution in [0.2, 0.25) is 0 Å². The summed E-state index contributed by atoms with van der Waals surface area (Å²) in [6.45, 7) is 0.890. The highest BCUT2D eigenvalue weighted by atomic mass is 16.4. The second-order valence-corrected chi connectivity index (χ2v) is 4.44. The molecule has 21 heavy (non-hydrogen) atoms. The van der Waals surface area contributed by atoms with Crippen LogP contribution in [0.25, 0.3) is 11.0 Å². The highest BCUT2D eigenvalue weighted by Gasteiger charge is 2.12. The van der Waals surface area contributed by atoms with Crippen LogP contribution >= 0.6 is 0 Å². The molecule has 0 aliphatic heterocycles. The van der Waals surface area contributed by atoms with Crippen molar-refractivity contribution in [3.8, 4) is 0 Å². The van der Waals surface area contributed by atoms with Crippen LogP contribution in [0.1, 0.15) is 10.4 Å². The number of hydrogen-bond acceptors (Lipinski definition) is 5. The average molecular weight is 284 g/mol. The molecule has 0 bridgehead atoms. The van der Waals surface area contributed by atoms with Gasteiger partial charge in [-0.25, -0.2) is 4.79 Å². The first-order valence-corrected chi connectivity index (χ1v) is 6.37. The summed E-state index contributed by atoms with van der Waals surface area (Å²) in [6, 6.07) is 8.59. The smallest absolute Gasteiger partial charge is 0.349 e. The van der Waals surface area contributed by atoms with Gasteiger partial charge in [-0.2, -0.15) is 0 Å². The van der Waals surface area contributed by atoms with Crippen molar-refractivity contribution >= 4 is 16.9 Å². The monoisotopic (exact) mass is 284 g/mol. The number of hydrogen-bond donors (Lipinski definition) is 1. The van der Waals surface area contributed by atoms with E-state index in [2.05, 4.69) is 15.5 Å². The molecule has 7 heteroatoms. The Bertz CT molecular complexity index is 824. The Morgan fingerprint density at radius 1 is 1.24 bits per heavy atom. The van der Waals surface area contributed by atoms with Gasteiger partial charge < -0.3 is 14.3 Å². The lowest BCUT2D eigenvalue weighted by Gasteiger charge is -2.05. The number of amides is 1. The van der Waals surface area contributed by atoms with Crippen LogP contribution in [0.15, 0.2) is 52.2 Å². The summed E-state index contributed by atoms with van der Waals surface area (Å²) in [6.07, 6.45) is 3.10. The van der Waals surface area contributed by atoms with Gasteiger partial charge in [0.15, 0.2) is 0 Å². The predicted octanol–water partition coefficient (Wildman–Crippen LogP) is 0.814. The van der Waals surface area contributed by atoms with Crippen LogP contribution in [-0.2, 0) is 6.54 Å². The number of para-hydroxylation sites is 1. The molecule has 2 heterocycles. The number of fused-ring (bicyclic) bond motifs is 1. The predicted molar refractivity (Wildman–Crippen MR) is 74.8 cm³/mol. The number of benzene rings is 1. The zero-order valence-electron chi connectivity index (χ0n) is 11.0. The average Bonchev–Trinajstić information content (AvgIpc) is 2.99. The minimum atomic E-state index is -0.643. The molecule has 0 radical (unpaired) electrons. The number of rotatable bonds is 4. The number of aromatic nitrogens is 3. The summed E-state index contributed by atoms with van der Waals surface area (Å²) in [4.78, 5) is 23.8. The Morgan fingerprint density at radius 3 is 2.81 bits per heavy atom. The van der Waals surface area contributed by atoms with E-state index in [-0.39, 0.29) is 5.56 Å². The third-order valence-corrected chi connectivity index (χ3v) is 3.01. The summed E-state index contributed by atoms with van der Waals surface area (Å²) >= 11 is 0. The summed E-state index contributed by atoms with van der Waals surface area (Å²) in [5.74, 6) is -0.456. The fraction of sp³-hybridized carbons (Fsp3) is 0.143. The van der Waals surface area contributed by atoms with Crippen molar-refractivity contribution in [2.75, 3.05) is 6.54 Å². The van der Waals surface area contributed by atoms with E-state index in [9.17, 15) is 9.59 Å². The molecule has 0 saturated heterocycles. The zero-order valence-corrected chi connectivity index (χ0v) is 11.0. The van der Waals surface area contributed by atoms with Crippen molar-refractivity contribution < 1.29 is 9.21 Å². The van der Waals surface area contributed by atoms with Crippen molar-refractivity contribution in [1.29, 1.82) is 0 Å². The number of nitrogens with zero attached hydrogens (tertiary/aromatic N) is 3. The molecule has 1 N–H and O–H groups in total.